The fraction of sp³-hybridized carbons (Fsp3) is 0.400. The molecule has 0 unspecified atom stereocenters. The molecule has 0 aromatic rings. The summed E-state index contributed by atoms with van der Waals surface area (Å²) in [5, 5.41) is 0. The summed E-state index contributed by atoms with van der Waals surface area (Å²) < 4.78 is 0. The van der Waals surface area contributed by atoms with E-state index < -0.39 is 0 Å². The second kappa shape index (κ2) is 6.51. The van der Waals surface area contributed by atoms with Crippen molar-refractivity contribution in [2.24, 2.45) is 0 Å². The average molecular weight is 172 g/mol. The summed E-state index contributed by atoms with van der Waals surface area (Å²) in [7, 11) is 0. The predicted octanol–water partition coefficient (Wildman–Crippen LogP) is 1.06. The molecule has 0 bridgehead atoms. The van der Waals surface area contributed by atoms with Crippen molar-refractivity contribution in [1.82, 2.24) is 0 Å². The van der Waals surface area contributed by atoms with E-state index in [0.717, 1.165) is 0 Å². The second-order valence-corrected chi connectivity index (χ2v) is 1.07. The molecular weight excluding hydrogens is 165 g/mol. The molecule has 37 valence electrons. The fourth-order valence-corrected chi connectivity index (χ4v) is 0.0589. The number of carbonyl (C=O) groups excluding carboxylic acids is 1. The maximum atomic E-state index is 9.54. The maximum absolute atomic E-state index is 9.54. The van der Waals surface area contributed by atoms with E-state index in [9.17, 15) is 4.79 Å². The first-order valence-corrected chi connectivity index (χ1v) is 1.82. The molecule has 2 heteroatoms. The van der Waals surface area contributed by atoms with Gasteiger partial charge in [0, 0.05) is 32.7 Å². The monoisotopic (exact) mass is 172 g/mol. The Morgan fingerprint density at radius 2 is 2.14 bits per heavy atom. The van der Waals surface area contributed by atoms with E-state index in [1.807, 2.05) is 0 Å². The van der Waals surface area contributed by atoms with Crippen LogP contribution in [0.4, 0.5) is 0 Å². The van der Waals surface area contributed by atoms with Crippen LogP contribution in [0.2, 0.25) is 0 Å². The molecule has 0 atom stereocenters. The Kier molecular flexibility index (Phi) is 9.76. The Bertz CT molecular complexity index is 76.1. The Morgan fingerprint density at radius 3 is 2.14 bits per heavy atom. The Labute approximate surface area is 69.1 Å². The number of allylic oxidation sites excluding steroid dienone is 2. The molecule has 1 radical (unpaired) electrons. The molecule has 0 spiro atoms. The molecule has 1 nitrogen and oxygen atoms in total. The minimum atomic E-state index is 0. The van der Waals surface area contributed by atoms with Crippen LogP contribution in [0.3, 0.4) is 0 Å². The van der Waals surface area contributed by atoms with Crippen molar-refractivity contribution >= 4 is 6.29 Å². The summed E-state index contributed by atoms with van der Waals surface area (Å²) in [4.78, 5) is 9.54. The Hall–Kier alpha value is 0.514. The summed E-state index contributed by atoms with van der Waals surface area (Å²) in [5.41, 5.74) is 0.662. The van der Waals surface area contributed by atoms with Crippen LogP contribution in [-0.4, -0.2) is 6.29 Å². The van der Waals surface area contributed by atoms with Gasteiger partial charge >= 0.3 is 0 Å². The quantitative estimate of drug-likeness (QED) is 0.427. The van der Waals surface area contributed by atoms with Gasteiger partial charge in [0.15, 0.2) is 0 Å². The third-order valence-electron chi connectivity index (χ3n) is 0.594. The number of hydrogen-bond acceptors (Lipinski definition) is 1. The van der Waals surface area contributed by atoms with E-state index >= 15 is 0 Å². The first-order chi connectivity index (χ1) is 2.81. The zero-order valence-electron chi connectivity index (χ0n) is 4.56. The van der Waals surface area contributed by atoms with Crippen LogP contribution in [0.25, 0.3) is 0 Å². The maximum Gasteiger partial charge on any atom is 0 e. The molecule has 0 saturated heterocycles. The Balaban J connectivity index is 0. The van der Waals surface area contributed by atoms with Gasteiger partial charge in [0.1, 0.15) is 0 Å². The number of hydrogen-bond donors (Lipinski definition) is 0. The van der Waals surface area contributed by atoms with E-state index in [4.69, 9.17) is 0 Å². The molecule has 0 aliphatic carbocycles. The van der Waals surface area contributed by atoms with Crippen LogP contribution >= 0.6 is 0 Å². The SMILES string of the molecule is C/C=C(\C)[C-]=O.[Y]. The van der Waals surface area contributed by atoms with Crippen LogP contribution in [0, 0.1) is 0 Å². The third kappa shape index (κ3) is 6.51. The van der Waals surface area contributed by atoms with Crippen LogP contribution in [0.15, 0.2) is 11.6 Å². The molecule has 0 amide bonds. The van der Waals surface area contributed by atoms with Crippen LogP contribution in [0.1, 0.15) is 13.8 Å². The summed E-state index contributed by atoms with van der Waals surface area (Å²) in [6.45, 7) is 3.52. The predicted molar refractivity (Wildman–Crippen MR) is 25.1 cm³/mol. The summed E-state index contributed by atoms with van der Waals surface area (Å²) >= 11 is 0. The zero-order valence-corrected chi connectivity index (χ0v) is 7.40. The smallest absolute Gasteiger partial charge is 0 e. The molecule has 0 aromatic carbocycles. The first-order valence-electron chi connectivity index (χ1n) is 1.82. The van der Waals surface area contributed by atoms with E-state index in [1.165, 1.54) is 0 Å². The standard InChI is InChI=1S/C5H7O.Y/c1-3-5(2)4-6;/h3H,1-2H3;/q-1;/b5-3+;. The molecule has 0 fully saturated rings. The van der Waals surface area contributed by atoms with Gasteiger partial charge in [0.25, 0.3) is 0 Å². The van der Waals surface area contributed by atoms with Crippen molar-refractivity contribution in [1.29, 1.82) is 0 Å². The van der Waals surface area contributed by atoms with E-state index in [-0.39, 0.29) is 32.7 Å². The molecule has 0 aliphatic heterocycles. The molecule has 0 rings (SSSR count). The van der Waals surface area contributed by atoms with Crippen molar-refractivity contribution in [3.63, 3.8) is 0 Å². The van der Waals surface area contributed by atoms with Crippen molar-refractivity contribution in [2.45, 2.75) is 13.8 Å². The minimum absolute atomic E-state index is 0. The van der Waals surface area contributed by atoms with Crippen LogP contribution in [-0.2, 0) is 37.5 Å². The van der Waals surface area contributed by atoms with Gasteiger partial charge in [-0.3, -0.25) is 0 Å². The summed E-state index contributed by atoms with van der Waals surface area (Å²) in [6, 6.07) is 0. The van der Waals surface area contributed by atoms with Crippen LogP contribution in [0.5, 0.6) is 0 Å². The van der Waals surface area contributed by atoms with Crippen molar-refractivity contribution in [3.8, 4) is 0 Å². The second-order valence-electron chi connectivity index (χ2n) is 1.07. The van der Waals surface area contributed by atoms with Crippen LogP contribution < -0.4 is 0 Å². The van der Waals surface area contributed by atoms with E-state index in [2.05, 4.69) is 0 Å². The molecule has 0 saturated carbocycles. The van der Waals surface area contributed by atoms with Crippen molar-refractivity contribution in [2.75, 3.05) is 0 Å². The van der Waals surface area contributed by atoms with Crippen molar-refractivity contribution in [3.05, 3.63) is 11.6 Å². The van der Waals surface area contributed by atoms with Gasteiger partial charge in [0.05, 0.1) is 0 Å². The molecular formula is C5H7OY-. The van der Waals surface area contributed by atoms with Gasteiger partial charge < -0.3 is 4.79 Å². The van der Waals surface area contributed by atoms with Gasteiger partial charge in [-0.05, 0) is 6.29 Å². The zero-order chi connectivity index (χ0) is 4.99. The van der Waals surface area contributed by atoms with Gasteiger partial charge in [0.2, 0.25) is 0 Å². The van der Waals surface area contributed by atoms with Gasteiger partial charge in [-0.25, -0.2) is 6.08 Å². The molecule has 0 heterocycles. The number of rotatable bonds is 1. The van der Waals surface area contributed by atoms with Gasteiger partial charge in [-0.1, -0.05) is 6.92 Å². The van der Waals surface area contributed by atoms with E-state index in [0.29, 0.717) is 5.57 Å². The largest absolute Gasteiger partial charge is 0.419 e. The fourth-order valence-electron chi connectivity index (χ4n) is 0.0589. The molecule has 0 aliphatic rings. The normalized spacial score (nSPS) is 9.71. The average Bonchev–Trinajstić information content (AvgIpc) is 1.65. The molecule has 7 heavy (non-hydrogen) atoms. The minimum Gasteiger partial charge on any atom is -0.419 e. The van der Waals surface area contributed by atoms with Crippen molar-refractivity contribution < 1.29 is 37.5 Å². The van der Waals surface area contributed by atoms with Gasteiger partial charge in [-0.15, -0.1) is 6.92 Å². The first kappa shape index (κ1) is 10.5. The topological polar surface area (TPSA) is 17.1 Å². The third-order valence-corrected chi connectivity index (χ3v) is 0.594. The summed E-state index contributed by atoms with van der Waals surface area (Å²) in [5.74, 6) is 0. The molecule has 0 N–H and O–H groups in total. The summed E-state index contributed by atoms with van der Waals surface area (Å²) in [6.07, 6.45) is 3.44. The molecule has 0 aromatic heterocycles. The van der Waals surface area contributed by atoms with E-state index in [1.54, 1.807) is 26.2 Å². The van der Waals surface area contributed by atoms with Gasteiger partial charge in [-0.2, -0.15) is 5.57 Å². The Morgan fingerprint density at radius 1 is 1.71 bits per heavy atom.